The Bertz CT molecular complexity index is 94.6. The number of quaternary nitrogens is 1. The van der Waals surface area contributed by atoms with Crippen molar-refractivity contribution in [3.63, 3.8) is 0 Å². The van der Waals surface area contributed by atoms with Gasteiger partial charge in [0.2, 0.25) is 0 Å². The van der Waals surface area contributed by atoms with Crippen LogP contribution >= 0.6 is 0 Å². The van der Waals surface area contributed by atoms with Gasteiger partial charge in [0.25, 0.3) is 0 Å². The highest BCUT2D eigenvalue weighted by Crippen LogP contribution is 2.30. The molecule has 1 heteroatoms. The molecule has 1 fully saturated rings. The first-order valence-electron chi connectivity index (χ1n) is 3.37. The van der Waals surface area contributed by atoms with Crippen molar-refractivity contribution in [2.75, 3.05) is 20.6 Å². The van der Waals surface area contributed by atoms with E-state index in [1.807, 2.05) is 0 Å². The maximum atomic E-state index is 2.30. The standard InChI is InChI=1S/C7H16N/c1-6(2)7-5-8(7,3)4/h6-7H,5H2,1-4H3/q+1. The van der Waals surface area contributed by atoms with Crippen LogP contribution < -0.4 is 0 Å². The van der Waals surface area contributed by atoms with Crippen molar-refractivity contribution >= 4 is 0 Å². The molecule has 0 bridgehead atoms. The third-order valence-corrected chi connectivity index (χ3v) is 2.19. The topological polar surface area (TPSA) is 0 Å². The van der Waals surface area contributed by atoms with Gasteiger partial charge in [0.15, 0.2) is 0 Å². The van der Waals surface area contributed by atoms with Gasteiger partial charge in [-0.15, -0.1) is 0 Å². The zero-order valence-electron chi connectivity index (χ0n) is 6.31. The van der Waals surface area contributed by atoms with Gasteiger partial charge >= 0.3 is 0 Å². The largest absolute Gasteiger partial charge is 0.316 e. The summed E-state index contributed by atoms with van der Waals surface area (Å²) in [4.78, 5) is 0. The Morgan fingerprint density at radius 2 is 1.75 bits per heavy atom. The third kappa shape index (κ3) is 0.873. The second-order valence-electron chi connectivity index (χ2n) is 3.77. The zero-order chi connectivity index (χ0) is 6.36. The van der Waals surface area contributed by atoms with E-state index in [4.69, 9.17) is 0 Å². The van der Waals surface area contributed by atoms with Gasteiger partial charge in [0, 0.05) is 5.92 Å². The molecule has 1 rings (SSSR count). The zero-order valence-corrected chi connectivity index (χ0v) is 6.31. The van der Waals surface area contributed by atoms with Gasteiger partial charge in [-0.2, -0.15) is 0 Å². The molecule has 0 aromatic heterocycles. The maximum absolute atomic E-state index is 2.30. The van der Waals surface area contributed by atoms with Crippen molar-refractivity contribution in [2.24, 2.45) is 5.92 Å². The van der Waals surface area contributed by atoms with Crippen molar-refractivity contribution < 1.29 is 4.48 Å². The average Bonchev–Trinajstić information content (AvgIpc) is 2.13. The molecule has 0 N–H and O–H groups in total. The van der Waals surface area contributed by atoms with Crippen molar-refractivity contribution in [3.05, 3.63) is 0 Å². The summed E-state index contributed by atoms with van der Waals surface area (Å²) < 4.78 is 1.25. The number of likely N-dealkylation sites (N-methyl/N-ethyl adjacent to an activating group) is 1. The molecule has 0 radical (unpaired) electrons. The first-order chi connectivity index (χ1) is 3.54. The van der Waals surface area contributed by atoms with Crippen LogP contribution in [0.2, 0.25) is 0 Å². The quantitative estimate of drug-likeness (QED) is 0.354. The lowest BCUT2D eigenvalue weighted by Crippen LogP contribution is -2.19. The van der Waals surface area contributed by atoms with Gasteiger partial charge in [-0.1, -0.05) is 13.8 Å². The molecule has 1 aliphatic heterocycles. The molecule has 0 aromatic carbocycles. The molecule has 1 nitrogen and oxygen atoms in total. The van der Waals surface area contributed by atoms with Crippen LogP contribution in [0.3, 0.4) is 0 Å². The first-order valence-corrected chi connectivity index (χ1v) is 3.37. The van der Waals surface area contributed by atoms with Gasteiger partial charge in [-0.25, -0.2) is 0 Å². The Balaban J connectivity index is 2.37. The summed E-state index contributed by atoms with van der Waals surface area (Å²) in [6.07, 6.45) is 0. The van der Waals surface area contributed by atoms with E-state index in [9.17, 15) is 0 Å². The molecule has 1 aliphatic rings. The van der Waals surface area contributed by atoms with Gasteiger partial charge in [-0.05, 0) is 0 Å². The fourth-order valence-corrected chi connectivity index (χ4v) is 1.45. The minimum Gasteiger partial charge on any atom is -0.316 e. The average molecular weight is 114 g/mol. The molecule has 48 valence electrons. The van der Waals surface area contributed by atoms with Gasteiger partial charge in [-0.3, -0.25) is 0 Å². The molecule has 0 aliphatic carbocycles. The van der Waals surface area contributed by atoms with E-state index in [2.05, 4.69) is 27.9 Å². The lowest BCUT2D eigenvalue weighted by atomic mass is 10.1. The lowest BCUT2D eigenvalue weighted by molar-refractivity contribution is -0.771. The summed E-state index contributed by atoms with van der Waals surface area (Å²) >= 11 is 0. The van der Waals surface area contributed by atoms with Crippen LogP contribution in [0.5, 0.6) is 0 Å². The summed E-state index contributed by atoms with van der Waals surface area (Å²) in [7, 11) is 4.59. The highest BCUT2D eigenvalue weighted by atomic mass is 15.5. The molecular weight excluding hydrogens is 98.1 g/mol. The van der Waals surface area contributed by atoms with Gasteiger partial charge in [0.1, 0.15) is 12.6 Å². The van der Waals surface area contributed by atoms with Crippen LogP contribution in [0.4, 0.5) is 0 Å². The van der Waals surface area contributed by atoms with E-state index >= 15 is 0 Å². The van der Waals surface area contributed by atoms with Crippen LogP contribution in [0.15, 0.2) is 0 Å². The Kier molecular flexibility index (Phi) is 1.12. The first kappa shape index (κ1) is 6.09. The van der Waals surface area contributed by atoms with Crippen molar-refractivity contribution in [1.29, 1.82) is 0 Å². The van der Waals surface area contributed by atoms with Crippen molar-refractivity contribution in [1.82, 2.24) is 0 Å². The predicted octanol–water partition coefficient (Wildman–Crippen LogP) is 1.10. The summed E-state index contributed by atoms with van der Waals surface area (Å²) in [5, 5.41) is 0. The van der Waals surface area contributed by atoms with E-state index in [1.54, 1.807) is 0 Å². The highest BCUT2D eigenvalue weighted by molar-refractivity contribution is 4.73. The molecule has 1 saturated heterocycles. The van der Waals surface area contributed by atoms with E-state index in [-0.39, 0.29) is 0 Å². The predicted molar refractivity (Wildman–Crippen MR) is 35.6 cm³/mol. The summed E-state index contributed by atoms with van der Waals surface area (Å²) in [6.45, 7) is 5.99. The molecule has 0 aromatic rings. The fourth-order valence-electron chi connectivity index (χ4n) is 1.45. The van der Waals surface area contributed by atoms with E-state index in [0.717, 1.165) is 12.0 Å². The summed E-state index contributed by atoms with van der Waals surface area (Å²) in [5.74, 6) is 0.880. The number of hydrogen-bond donors (Lipinski definition) is 0. The Hall–Kier alpha value is -0.0400. The van der Waals surface area contributed by atoms with Crippen LogP contribution in [-0.4, -0.2) is 31.2 Å². The molecule has 1 atom stereocenters. The summed E-state index contributed by atoms with van der Waals surface area (Å²) in [5.41, 5.74) is 0. The lowest BCUT2D eigenvalue weighted by Gasteiger charge is -2.07. The van der Waals surface area contributed by atoms with Crippen LogP contribution in [0.1, 0.15) is 13.8 Å². The minimum absolute atomic E-state index is 0.880. The molecule has 8 heavy (non-hydrogen) atoms. The molecule has 0 spiro atoms. The maximum Gasteiger partial charge on any atom is 0.141 e. The third-order valence-electron chi connectivity index (χ3n) is 2.19. The molecule has 1 heterocycles. The number of rotatable bonds is 1. The van der Waals surface area contributed by atoms with Crippen LogP contribution in [0.25, 0.3) is 0 Å². The van der Waals surface area contributed by atoms with E-state index < -0.39 is 0 Å². The highest BCUT2D eigenvalue weighted by Gasteiger charge is 2.48. The van der Waals surface area contributed by atoms with E-state index in [1.165, 1.54) is 11.0 Å². The summed E-state index contributed by atoms with van der Waals surface area (Å²) in [6, 6.07) is 0.954. The molecule has 0 saturated carbocycles. The number of nitrogens with zero attached hydrogens (tertiary/aromatic N) is 1. The van der Waals surface area contributed by atoms with Crippen LogP contribution in [-0.2, 0) is 0 Å². The fraction of sp³-hybridized carbons (Fsp3) is 1.00. The SMILES string of the molecule is CC(C)C1C[N+]1(C)C. The molecule has 1 unspecified atom stereocenters. The van der Waals surface area contributed by atoms with Crippen molar-refractivity contribution in [3.8, 4) is 0 Å². The Morgan fingerprint density at radius 3 is 1.75 bits per heavy atom. The molecular formula is C7H16N+. The number of hydrogen-bond acceptors (Lipinski definition) is 0. The monoisotopic (exact) mass is 114 g/mol. The normalized spacial score (nSPS) is 33.4. The minimum atomic E-state index is 0.880. The van der Waals surface area contributed by atoms with E-state index in [0.29, 0.717) is 0 Å². The Morgan fingerprint density at radius 1 is 1.38 bits per heavy atom. The Labute approximate surface area is 51.9 Å². The van der Waals surface area contributed by atoms with Crippen LogP contribution in [0, 0.1) is 5.92 Å². The smallest absolute Gasteiger partial charge is 0.141 e. The van der Waals surface area contributed by atoms with Gasteiger partial charge in [0.05, 0.1) is 14.1 Å². The molecule has 0 amide bonds. The second-order valence-corrected chi connectivity index (χ2v) is 3.77. The van der Waals surface area contributed by atoms with Crippen molar-refractivity contribution in [2.45, 2.75) is 19.9 Å². The van der Waals surface area contributed by atoms with Gasteiger partial charge < -0.3 is 4.48 Å². The second kappa shape index (κ2) is 1.47.